The van der Waals surface area contributed by atoms with Gasteiger partial charge in [0.15, 0.2) is 11.5 Å². The van der Waals surface area contributed by atoms with Crippen LogP contribution < -0.4 is 19.5 Å². The monoisotopic (exact) mass is 355 g/mol. The summed E-state index contributed by atoms with van der Waals surface area (Å²) in [5, 5.41) is 3.09. The molecule has 0 heterocycles. The number of benzene rings is 2. The summed E-state index contributed by atoms with van der Waals surface area (Å²) >= 11 is 0. The molecule has 3 rings (SSSR count). The van der Waals surface area contributed by atoms with Gasteiger partial charge in [-0.1, -0.05) is 36.8 Å². The highest BCUT2D eigenvalue weighted by Crippen LogP contribution is 2.44. The van der Waals surface area contributed by atoms with Crippen LogP contribution >= 0.6 is 0 Å². The minimum absolute atomic E-state index is 0.0618. The van der Waals surface area contributed by atoms with Gasteiger partial charge in [-0.2, -0.15) is 0 Å². The van der Waals surface area contributed by atoms with E-state index in [1.54, 1.807) is 27.4 Å². The number of hydrogen-bond acceptors (Lipinski definition) is 4. The molecule has 0 atom stereocenters. The van der Waals surface area contributed by atoms with Crippen molar-refractivity contribution >= 4 is 5.91 Å². The van der Waals surface area contributed by atoms with Crippen LogP contribution in [0.5, 0.6) is 17.2 Å². The highest BCUT2D eigenvalue weighted by Gasteiger charge is 2.45. The van der Waals surface area contributed by atoms with E-state index in [1.807, 2.05) is 36.4 Å². The van der Waals surface area contributed by atoms with Crippen LogP contribution in [-0.4, -0.2) is 27.2 Å². The summed E-state index contributed by atoms with van der Waals surface area (Å²) in [5.74, 6) is 1.93. The molecule has 0 unspecified atom stereocenters. The van der Waals surface area contributed by atoms with Crippen molar-refractivity contribution in [2.24, 2.45) is 0 Å². The zero-order chi connectivity index (χ0) is 18.6. The molecule has 0 aromatic heterocycles. The Morgan fingerprint density at radius 1 is 0.962 bits per heavy atom. The first-order valence-corrected chi connectivity index (χ1v) is 8.77. The normalized spacial score (nSPS) is 14.9. The summed E-state index contributed by atoms with van der Waals surface area (Å²) < 4.78 is 16.1. The first-order valence-electron chi connectivity index (χ1n) is 8.77. The van der Waals surface area contributed by atoms with Crippen LogP contribution in [0, 0.1) is 0 Å². The highest BCUT2D eigenvalue weighted by atomic mass is 16.5. The third-order valence-electron chi connectivity index (χ3n) is 5.19. The van der Waals surface area contributed by atoms with E-state index in [4.69, 9.17) is 14.2 Å². The zero-order valence-electron chi connectivity index (χ0n) is 15.5. The highest BCUT2D eigenvalue weighted by molar-refractivity contribution is 5.89. The van der Waals surface area contributed by atoms with Gasteiger partial charge in [-0.25, -0.2) is 0 Å². The SMILES string of the molecule is COc1cc(OC)c(OC)cc1CNC(=O)C1(c2ccccc2)CCC1. The van der Waals surface area contributed by atoms with E-state index in [-0.39, 0.29) is 5.91 Å². The Morgan fingerprint density at radius 3 is 2.12 bits per heavy atom. The lowest BCUT2D eigenvalue weighted by Gasteiger charge is -2.40. The number of methoxy groups -OCH3 is 3. The van der Waals surface area contributed by atoms with E-state index in [2.05, 4.69) is 5.32 Å². The van der Waals surface area contributed by atoms with Gasteiger partial charge in [0.2, 0.25) is 5.91 Å². The van der Waals surface area contributed by atoms with E-state index in [0.717, 1.165) is 30.4 Å². The van der Waals surface area contributed by atoms with Crippen LogP contribution in [0.3, 0.4) is 0 Å². The van der Waals surface area contributed by atoms with Crippen molar-refractivity contribution in [1.82, 2.24) is 5.32 Å². The molecule has 1 aliphatic carbocycles. The molecule has 2 aromatic rings. The number of carbonyl (C=O) groups excluding carboxylic acids is 1. The molecule has 138 valence electrons. The van der Waals surface area contributed by atoms with Gasteiger partial charge in [-0.15, -0.1) is 0 Å². The summed E-state index contributed by atoms with van der Waals surface area (Å²) in [6.45, 7) is 0.372. The Labute approximate surface area is 154 Å². The van der Waals surface area contributed by atoms with E-state index in [9.17, 15) is 4.79 Å². The Morgan fingerprint density at radius 2 is 1.58 bits per heavy atom. The molecule has 0 aliphatic heterocycles. The summed E-state index contributed by atoms with van der Waals surface area (Å²) in [6.07, 6.45) is 2.83. The first kappa shape index (κ1) is 18.1. The maximum Gasteiger partial charge on any atom is 0.230 e. The van der Waals surface area contributed by atoms with Crippen LogP contribution in [0.2, 0.25) is 0 Å². The lowest BCUT2D eigenvalue weighted by Crippen LogP contribution is -2.49. The van der Waals surface area contributed by atoms with Crippen molar-refractivity contribution < 1.29 is 19.0 Å². The molecule has 0 spiro atoms. The van der Waals surface area contributed by atoms with Crippen molar-refractivity contribution in [3.63, 3.8) is 0 Å². The second kappa shape index (κ2) is 7.68. The van der Waals surface area contributed by atoms with Crippen LogP contribution in [0.4, 0.5) is 0 Å². The van der Waals surface area contributed by atoms with Crippen LogP contribution in [0.25, 0.3) is 0 Å². The number of rotatable bonds is 7. The van der Waals surface area contributed by atoms with Gasteiger partial charge in [0.25, 0.3) is 0 Å². The molecule has 1 saturated carbocycles. The van der Waals surface area contributed by atoms with E-state index >= 15 is 0 Å². The third-order valence-corrected chi connectivity index (χ3v) is 5.19. The topological polar surface area (TPSA) is 56.8 Å². The molecule has 1 N–H and O–H groups in total. The predicted molar refractivity (Wildman–Crippen MR) is 99.9 cm³/mol. The van der Waals surface area contributed by atoms with Crippen molar-refractivity contribution in [3.8, 4) is 17.2 Å². The first-order chi connectivity index (χ1) is 12.6. The lowest BCUT2D eigenvalue weighted by atomic mass is 9.64. The minimum atomic E-state index is -0.412. The van der Waals surface area contributed by atoms with Crippen LogP contribution in [0.15, 0.2) is 42.5 Å². The van der Waals surface area contributed by atoms with Crippen molar-refractivity contribution in [3.05, 3.63) is 53.6 Å². The Kier molecular flexibility index (Phi) is 5.35. The van der Waals surface area contributed by atoms with E-state index < -0.39 is 5.41 Å². The van der Waals surface area contributed by atoms with E-state index in [0.29, 0.717) is 23.8 Å². The fraction of sp³-hybridized carbons (Fsp3) is 0.381. The molecular weight excluding hydrogens is 330 g/mol. The molecule has 0 bridgehead atoms. The molecule has 1 fully saturated rings. The molecule has 1 amide bonds. The fourth-order valence-corrected chi connectivity index (χ4v) is 3.51. The molecular formula is C21H25NO4. The lowest BCUT2D eigenvalue weighted by molar-refractivity contribution is -0.130. The third kappa shape index (κ3) is 3.21. The summed E-state index contributed by atoms with van der Waals surface area (Å²) in [7, 11) is 4.77. The number of carbonyl (C=O) groups is 1. The summed E-state index contributed by atoms with van der Waals surface area (Å²) in [5.41, 5.74) is 1.52. The molecule has 26 heavy (non-hydrogen) atoms. The molecule has 5 heteroatoms. The molecule has 1 aliphatic rings. The van der Waals surface area contributed by atoms with Gasteiger partial charge in [-0.05, 0) is 24.5 Å². The molecule has 2 aromatic carbocycles. The van der Waals surface area contributed by atoms with Crippen molar-refractivity contribution in [2.45, 2.75) is 31.2 Å². The fourth-order valence-electron chi connectivity index (χ4n) is 3.51. The summed E-state index contributed by atoms with van der Waals surface area (Å²) in [4.78, 5) is 13.0. The quantitative estimate of drug-likeness (QED) is 0.826. The van der Waals surface area contributed by atoms with Crippen LogP contribution in [-0.2, 0) is 16.8 Å². The van der Waals surface area contributed by atoms with Crippen molar-refractivity contribution in [1.29, 1.82) is 0 Å². The van der Waals surface area contributed by atoms with Gasteiger partial charge < -0.3 is 19.5 Å². The van der Waals surface area contributed by atoms with Gasteiger partial charge in [0.05, 0.1) is 26.7 Å². The van der Waals surface area contributed by atoms with Gasteiger partial charge in [-0.3, -0.25) is 4.79 Å². The number of amides is 1. The predicted octanol–water partition coefficient (Wildman–Crippen LogP) is 3.45. The standard InChI is InChI=1S/C21H25NO4/c1-24-17-13-19(26-3)18(25-2)12-15(17)14-22-20(23)21(10-7-11-21)16-8-5-4-6-9-16/h4-6,8-9,12-13H,7,10-11,14H2,1-3H3,(H,22,23). The average molecular weight is 355 g/mol. The van der Waals surface area contributed by atoms with E-state index in [1.165, 1.54) is 0 Å². The summed E-state index contributed by atoms with van der Waals surface area (Å²) in [6, 6.07) is 13.6. The Balaban J connectivity index is 1.79. The maximum atomic E-state index is 13.0. The average Bonchev–Trinajstić information content (AvgIpc) is 2.65. The van der Waals surface area contributed by atoms with Crippen LogP contribution in [0.1, 0.15) is 30.4 Å². The Hall–Kier alpha value is -2.69. The maximum absolute atomic E-state index is 13.0. The largest absolute Gasteiger partial charge is 0.496 e. The molecule has 0 saturated heterocycles. The van der Waals surface area contributed by atoms with Gasteiger partial charge >= 0.3 is 0 Å². The second-order valence-electron chi connectivity index (χ2n) is 6.50. The number of ether oxygens (including phenoxy) is 3. The minimum Gasteiger partial charge on any atom is -0.496 e. The smallest absolute Gasteiger partial charge is 0.230 e. The zero-order valence-corrected chi connectivity index (χ0v) is 15.5. The van der Waals surface area contributed by atoms with Gasteiger partial charge in [0, 0.05) is 18.2 Å². The van der Waals surface area contributed by atoms with Crippen molar-refractivity contribution in [2.75, 3.05) is 21.3 Å². The number of hydrogen-bond donors (Lipinski definition) is 1. The second-order valence-corrected chi connectivity index (χ2v) is 6.50. The molecule has 5 nitrogen and oxygen atoms in total. The van der Waals surface area contributed by atoms with Gasteiger partial charge in [0.1, 0.15) is 5.75 Å². The Bertz CT molecular complexity index is 769. The molecule has 0 radical (unpaired) electrons. The number of nitrogens with one attached hydrogen (secondary N) is 1.